The van der Waals surface area contributed by atoms with E-state index in [4.69, 9.17) is 5.73 Å². The minimum atomic E-state index is -0.458. The van der Waals surface area contributed by atoms with Crippen molar-refractivity contribution in [3.63, 3.8) is 0 Å². The molecule has 0 heterocycles. The Morgan fingerprint density at radius 1 is 1.47 bits per heavy atom. The van der Waals surface area contributed by atoms with Crippen LogP contribution in [0.2, 0.25) is 0 Å². The summed E-state index contributed by atoms with van der Waals surface area (Å²) in [6, 6.07) is 9.91. The van der Waals surface area contributed by atoms with E-state index in [1.165, 1.54) is 0 Å². The Balaban J connectivity index is 2.12. The molecule has 3 unspecified atom stereocenters. The van der Waals surface area contributed by atoms with Gasteiger partial charge in [0.2, 0.25) is 5.91 Å². The summed E-state index contributed by atoms with van der Waals surface area (Å²) in [5.74, 6) is 0.840. The number of carbonyl (C=O) groups is 1. The van der Waals surface area contributed by atoms with Crippen molar-refractivity contribution >= 4 is 5.91 Å². The minimum Gasteiger partial charge on any atom is -0.345 e. The molecule has 0 saturated heterocycles. The molecule has 1 aliphatic rings. The van der Waals surface area contributed by atoms with Crippen LogP contribution in [0.15, 0.2) is 30.3 Å². The molecule has 1 fully saturated rings. The first kappa shape index (κ1) is 12.1. The zero-order valence-corrected chi connectivity index (χ0v) is 10.4. The molecule has 3 N–H and O–H groups in total. The Hall–Kier alpha value is -1.35. The number of hydrogen-bond donors (Lipinski definition) is 2. The number of benzene rings is 1. The molecule has 1 aromatic rings. The van der Waals surface area contributed by atoms with Crippen molar-refractivity contribution in [2.75, 3.05) is 6.54 Å². The third kappa shape index (κ3) is 2.50. The number of carbonyl (C=O) groups excluding carboxylic acids is 1. The van der Waals surface area contributed by atoms with E-state index >= 15 is 0 Å². The van der Waals surface area contributed by atoms with Crippen LogP contribution < -0.4 is 11.1 Å². The second-order valence-corrected chi connectivity index (χ2v) is 5.21. The van der Waals surface area contributed by atoms with E-state index in [0.29, 0.717) is 12.5 Å². The molecule has 0 aromatic heterocycles. The van der Waals surface area contributed by atoms with Gasteiger partial charge in [0.15, 0.2) is 0 Å². The lowest BCUT2D eigenvalue weighted by atomic mass is 9.92. The van der Waals surface area contributed by atoms with Crippen LogP contribution in [-0.4, -0.2) is 12.5 Å². The minimum absolute atomic E-state index is 0.134. The standard InChI is InChI=1S/C14H20N2O/c1-10-8-12(10)13(17)16-14(2,9-15)11-6-4-3-5-7-11/h3-7,10,12H,8-9,15H2,1-2H3,(H,16,17). The van der Waals surface area contributed by atoms with Gasteiger partial charge in [-0.25, -0.2) is 0 Å². The summed E-state index contributed by atoms with van der Waals surface area (Å²) in [6.07, 6.45) is 1.00. The summed E-state index contributed by atoms with van der Waals surface area (Å²) in [4.78, 5) is 12.0. The summed E-state index contributed by atoms with van der Waals surface area (Å²) in [6.45, 7) is 4.49. The van der Waals surface area contributed by atoms with Crippen LogP contribution in [-0.2, 0) is 10.3 Å². The molecule has 1 saturated carbocycles. The maximum atomic E-state index is 12.0. The maximum Gasteiger partial charge on any atom is 0.224 e. The molecule has 0 radical (unpaired) electrons. The summed E-state index contributed by atoms with van der Waals surface area (Å²) in [5, 5.41) is 3.09. The van der Waals surface area contributed by atoms with Crippen molar-refractivity contribution in [3.05, 3.63) is 35.9 Å². The lowest BCUT2D eigenvalue weighted by Gasteiger charge is -2.30. The smallest absolute Gasteiger partial charge is 0.224 e. The van der Waals surface area contributed by atoms with Crippen molar-refractivity contribution in [1.29, 1.82) is 0 Å². The second-order valence-electron chi connectivity index (χ2n) is 5.21. The van der Waals surface area contributed by atoms with Gasteiger partial charge in [-0.15, -0.1) is 0 Å². The number of amides is 1. The molecule has 2 rings (SSSR count). The Bertz CT molecular complexity index is 404. The number of nitrogens with two attached hydrogens (primary N) is 1. The Labute approximate surface area is 102 Å². The normalized spacial score (nSPS) is 26.1. The molecule has 0 spiro atoms. The van der Waals surface area contributed by atoms with Gasteiger partial charge in [-0.3, -0.25) is 4.79 Å². The highest BCUT2D eigenvalue weighted by Crippen LogP contribution is 2.38. The fourth-order valence-corrected chi connectivity index (χ4v) is 2.10. The van der Waals surface area contributed by atoms with E-state index < -0.39 is 5.54 Å². The molecule has 3 nitrogen and oxygen atoms in total. The third-order valence-corrected chi connectivity index (χ3v) is 3.66. The van der Waals surface area contributed by atoms with E-state index in [0.717, 1.165) is 12.0 Å². The lowest BCUT2D eigenvalue weighted by Crippen LogP contribution is -2.49. The SMILES string of the molecule is CC1CC1C(=O)NC(C)(CN)c1ccccc1. The molecule has 1 aromatic carbocycles. The highest BCUT2D eigenvalue weighted by Gasteiger charge is 2.41. The quantitative estimate of drug-likeness (QED) is 0.829. The van der Waals surface area contributed by atoms with Crippen LogP contribution >= 0.6 is 0 Å². The Morgan fingerprint density at radius 3 is 2.53 bits per heavy atom. The zero-order chi connectivity index (χ0) is 12.5. The van der Waals surface area contributed by atoms with Crippen molar-refractivity contribution in [2.24, 2.45) is 17.6 Å². The van der Waals surface area contributed by atoms with Crippen LogP contribution in [0, 0.1) is 11.8 Å². The van der Waals surface area contributed by atoms with Crippen LogP contribution in [0.3, 0.4) is 0 Å². The second kappa shape index (κ2) is 4.49. The zero-order valence-electron chi connectivity index (χ0n) is 10.4. The summed E-state index contributed by atoms with van der Waals surface area (Å²) in [5.41, 5.74) is 6.43. The number of nitrogens with one attached hydrogen (secondary N) is 1. The first-order valence-corrected chi connectivity index (χ1v) is 6.14. The lowest BCUT2D eigenvalue weighted by molar-refractivity contribution is -0.124. The van der Waals surface area contributed by atoms with E-state index in [9.17, 15) is 4.79 Å². The number of hydrogen-bond acceptors (Lipinski definition) is 2. The van der Waals surface area contributed by atoms with Gasteiger partial charge in [0.1, 0.15) is 0 Å². The van der Waals surface area contributed by atoms with Gasteiger partial charge in [0, 0.05) is 12.5 Å². The van der Waals surface area contributed by atoms with Crippen molar-refractivity contribution in [1.82, 2.24) is 5.32 Å². The van der Waals surface area contributed by atoms with Crippen molar-refractivity contribution in [2.45, 2.75) is 25.8 Å². The summed E-state index contributed by atoms with van der Waals surface area (Å²) < 4.78 is 0. The predicted octanol–water partition coefficient (Wildman–Crippen LogP) is 1.63. The van der Waals surface area contributed by atoms with Gasteiger partial charge in [0.25, 0.3) is 0 Å². The molecule has 0 bridgehead atoms. The van der Waals surface area contributed by atoms with Gasteiger partial charge >= 0.3 is 0 Å². The number of rotatable bonds is 4. The van der Waals surface area contributed by atoms with Crippen molar-refractivity contribution < 1.29 is 4.79 Å². The van der Waals surface area contributed by atoms with E-state index in [-0.39, 0.29) is 11.8 Å². The maximum absolute atomic E-state index is 12.0. The molecule has 1 aliphatic carbocycles. The highest BCUT2D eigenvalue weighted by atomic mass is 16.2. The van der Waals surface area contributed by atoms with E-state index in [1.54, 1.807) is 0 Å². The largest absolute Gasteiger partial charge is 0.345 e. The highest BCUT2D eigenvalue weighted by molar-refractivity contribution is 5.82. The third-order valence-electron chi connectivity index (χ3n) is 3.66. The van der Waals surface area contributed by atoms with Gasteiger partial charge in [-0.1, -0.05) is 37.3 Å². The fourth-order valence-electron chi connectivity index (χ4n) is 2.10. The molecule has 1 amide bonds. The average Bonchev–Trinajstić information content (AvgIpc) is 3.07. The molecule has 0 aliphatic heterocycles. The van der Waals surface area contributed by atoms with Gasteiger partial charge in [-0.2, -0.15) is 0 Å². The first-order valence-electron chi connectivity index (χ1n) is 6.14. The van der Waals surface area contributed by atoms with Gasteiger partial charge in [-0.05, 0) is 24.8 Å². The molecule has 17 heavy (non-hydrogen) atoms. The topological polar surface area (TPSA) is 55.1 Å². The Kier molecular flexibility index (Phi) is 3.20. The monoisotopic (exact) mass is 232 g/mol. The molecule has 3 atom stereocenters. The molecular weight excluding hydrogens is 212 g/mol. The average molecular weight is 232 g/mol. The Morgan fingerprint density at radius 2 is 2.06 bits per heavy atom. The van der Waals surface area contributed by atoms with Crippen LogP contribution in [0.5, 0.6) is 0 Å². The van der Waals surface area contributed by atoms with Crippen LogP contribution in [0.4, 0.5) is 0 Å². The predicted molar refractivity (Wildman–Crippen MR) is 68.3 cm³/mol. The van der Waals surface area contributed by atoms with E-state index in [2.05, 4.69) is 12.2 Å². The summed E-state index contributed by atoms with van der Waals surface area (Å²) >= 11 is 0. The summed E-state index contributed by atoms with van der Waals surface area (Å²) in [7, 11) is 0. The van der Waals surface area contributed by atoms with Gasteiger partial charge in [0.05, 0.1) is 5.54 Å². The molecule has 92 valence electrons. The fraction of sp³-hybridized carbons (Fsp3) is 0.500. The molecular formula is C14H20N2O. The van der Waals surface area contributed by atoms with Gasteiger partial charge < -0.3 is 11.1 Å². The van der Waals surface area contributed by atoms with Crippen LogP contribution in [0.25, 0.3) is 0 Å². The van der Waals surface area contributed by atoms with Crippen molar-refractivity contribution in [3.8, 4) is 0 Å². The van der Waals surface area contributed by atoms with E-state index in [1.807, 2.05) is 37.3 Å². The molecule has 3 heteroatoms. The van der Waals surface area contributed by atoms with Crippen LogP contribution in [0.1, 0.15) is 25.8 Å². The first-order chi connectivity index (χ1) is 8.07.